The van der Waals surface area contributed by atoms with Gasteiger partial charge < -0.3 is 15.2 Å². The molecule has 3 rings (SSSR count). The van der Waals surface area contributed by atoms with Crippen molar-refractivity contribution >= 4 is 6.08 Å². The first-order chi connectivity index (χ1) is 9.74. The fraction of sp³-hybridized carbons (Fsp3) is 0.500. The molecule has 0 bridgehead atoms. The van der Waals surface area contributed by atoms with Crippen LogP contribution in [0.2, 0.25) is 0 Å². The number of nitrogens with zero attached hydrogens (tertiary/aromatic N) is 1. The molecule has 4 nitrogen and oxygen atoms in total. The van der Waals surface area contributed by atoms with Gasteiger partial charge in [-0.05, 0) is 37.7 Å². The number of nitrogens with two attached hydrogens (primary N) is 1. The van der Waals surface area contributed by atoms with Crippen LogP contribution in [0.3, 0.4) is 0 Å². The van der Waals surface area contributed by atoms with Crippen molar-refractivity contribution in [1.29, 1.82) is 0 Å². The van der Waals surface area contributed by atoms with E-state index in [1.54, 1.807) is 7.11 Å². The Morgan fingerprint density at radius 1 is 1.45 bits per heavy atom. The second kappa shape index (κ2) is 5.46. The molecule has 2 aliphatic rings. The van der Waals surface area contributed by atoms with Crippen molar-refractivity contribution < 1.29 is 9.47 Å². The Balaban J connectivity index is 1.75. The molecule has 0 amide bonds. The van der Waals surface area contributed by atoms with Crippen LogP contribution in [0.25, 0.3) is 6.08 Å². The number of hydrogen-bond acceptors (Lipinski definition) is 4. The third kappa shape index (κ3) is 2.53. The molecule has 0 aromatic heterocycles. The predicted molar refractivity (Wildman–Crippen MR) is 80.1 cm³/mol. The van der Waals surface area contributed by atoms with E-state index < -0.39 is 0 Å². The van der Waals surface area contributed by atoms with Crippen LogP contribution < -0.4 is 15.2 Å². The van der Waals surface area contributed by atoms with Crippen LogP contribution in [0.1, 0.15) is 18.4 Å². The van der Waals surface area contributed by atoms with E-state index in [1.165, 1.54) is 0 Å². The molecule has 1 saturated heterocycles. The van der Waals surface area contributed by atoms with Crippen LogP contribution in [-0.4, -0.2) is 43.8 Å². The Morgan fingerprint density at radius 3 is 3.15 bits per heavy atom. The Hall–Kier alpha value is -1.52. The molecule has 20 heavy (non-hydrogen) atoms. The zero-order valence-electron chi connectivity index (χ0n) is 12.0. The smallest absolute Gasteiger partial charge is 0.141 e. The van der Waals surface area contributed by atoms with Gasteiger partial charge in [0.05, 0.1) is 7.11 Å². The van der Waals surface area contributed by atoms with Crippen molar-refractivity contribution in [1.82, 2.24) is 4.90 Å². The molecule has 1 atom stereocenters. The highest BCUT2D eigenvalue weighted by Crippen LogP contribution is 2.38. The van der Waals surface area contributed by atoms with Crippen LogP contribution in [0, 0.1) is 0 Å². The molecule has 1 spiro atoms. The third-order valence-corrected chi connectivity index (χ3v) is 4.12. The second-order valence-corrected chi connectivity index (χ2v) is 5.57. The van der Waals surface area contributed by atoms with Gasteiger partial charge in [0.15, 0.2) is 0 Å². The van der Waals surface area contributed by atoms with Gasteiger partial charge in [-0.1, -0.05) is 6.08 Å². The molecule has 0 radical (unpaired) electrons. The third-order valence-electron chi connectivity index (χ3n) is 4.12. The number of likely N-dealkylation sites (tertiary alicyclic amines) is 1. The largest absolute Gasteiger partial charge is 0.497 e. The van der Waals surface area contributed by atoms with Crippen LogP contribution in [0.15, 0.2) is 24.3 Å². The lowest BCUT2D eigenvalue weighted by Gasteiger charge is -2.31. The van der Waals surface area contributed by atoms with E-state index >= 15 is 0 Å². The first-order valence-corrected chi connectivity index (χ1v) is 7.23. The van der Waals surface area contributed by atoms with Gasteiger partial charge >= 0.3 is 0 Å². The standard InChI is InChI=1S/C16H22N2O2/c1-19-14-4-3-13-5-6-16(20-15(13)11-14)7-10-18(12-16)9-2-8-17/h3-6,11H,2,7-10,12,17H2,1H3. The second-order valence-electron chi connectivity index (χ2n) is 5.57. The SMILES string of the molecule is COc1ccc2c(c1)OC1(C=C2)CCN(CCCN)C1. The van der Waals surface area contributed by atoms with Gasteiger partial charge in [0.1, 0.15) is 17.1 Å². The van der Waals surface area contributed by atoms with E-state index in [0.29, 0.717) is 0 Å². The number of fused-ring (bicyclic) bond motifs is 1. The van der Waals surface area contributed by atoms with Crippen LogP contribution in [0.4, 0.5) is 0 Å². The van der Waals surface area contributed by atoms with Crippen LogP contribution in [-0.2, 0) is 0 Å². The maximum Gasteiger partial charge on any atom is 0.141 e. The van der Waals surface area contributed by atoms with Crippen LogP contribution >= 0.6 is 0 Å². The molecule has 0 saturated carbocycles. The Morgan fingerprint density at radius 2 is 2.35 bits per heavy atom. The summed E-state index contributed by atoms with van der Waals surface area (Å²) in [5, 5.41) is 0. The summed E-state index contributed by atoms with van der Waals surface area (Å²) in [7, 11) is 1.68. The molecule has 2 heterocycles. The molecule has 1 unspecified atom stereocenters. The quantitative estimate of drug-likeness (QED) is 0.911. The minimum Gasteiger partial charge on any atom is -0.497 e. The van der Waals surface area contributed by atoms with Crippen molar-refractivity contribution in [3.05, 3.63) is 29.8 Å². The maximum atomic E-state index is 6.29. The molecule has 108 valence electrons. The summed E-state index contributed by atoms with van der Waals surface area (Å²) in [5.41, 5.74) is 6.54. The van der Waals surface area contributed by atoms with Crippen molar-refractivity contribution in [3.8, 4) is 11.5 Å². The summed E-state index contributed by atoms with van der Waals surface area (Å²) in [6.45, 7) is 3.82. The summed E-state index contributed by atoms with van der Waals surface area (Å²) in [6, 6.07) is 5.98. The van der Waals surface area contributed by atoms with Crippen molar-refractivity contribution in [2.45, 2.75) is 18.4 Å². The first kappa shape index (κ1) is 13.5. The summed E-state index contributed by atoms with van der Waals surface area (Å²) in [6.07, 6.45) is 6.46. The van der Waals surface area contributed by atoms with E-state index in [-0.39, 0.29) is 5.60 Å². The first-order valence-electron chi connectivity index (χ1n) is 7.23. The Bertz CT molecular complexity index is 515. The number of methoxy groups -OCH3 is 1. The van der Waals surface area contributed by atoms with E-state index in [0.717, 1.165) is 56.1 Å². The molecule has 0 aliphatic carbocycles. The number of hydrogen-bond donors (Lipinski definition) is 1. The molecular weight excluding hydrogens is 252 g/mol. The van der Waals surface area contributed by atoms with E-state index in [2.05, 4.69) is 17.1 Å². The summed E-state index contributed by atoms with van der Waals surface area (Å²) < 4.78 is 11.6. The summed E-state index contributed by atoms with van der Waals surface area (Å²) >= 11 is 0. The maximum absolute atomic E-state index is 6.29. The fourth-order valence-corrected chi connectivity index (χ4v) is 2.97. The fourth-order valence-electron chi connectivity index (χ4n) is 2.97. The molecule has 1 aromatic carbocycles. The molecule has 2 aliphatic heterocycles. The molecule has 1 aromatic rings. The highest BCUT2D eigenvalue weighted by atomic mass is 16.5. The summed E-state index contributed by atoms with van der Waals surface area (Å²) in [5.74, 6) is 1.76. The monoisotopic (exact) mass is 274 g/mol. The average molecular weight is 274 g/mol. The lowest BCUT2D eigenvalue weighted by Crippen LogP contribution is -2.39. The number of benzene rings is 1. The van der Waals surface area contributed by atoms with Gasteiger partial charge in [-0.2, -0.15) is 0 Å². The summed E-state index contributed by atoms with van der Waals surface area (Å²) in [4.78, 5) is 2.43. The van der Waals surface area contributed by atoms with E-state index in [9.17, 15) is 0 Å². The zero-order valence-corrected chi connectivity index (χ0v) is 12.0. The topological polar surface area (TPSA) is 47.7 Å². The van der Waals surface area contributed by atoms with Gasteiger partial charge in [0, 0.05) is 31.1 Å². The minimum atomic E-state index is -0.173. The molecule has 4 heteroatoms. The van der Waals surface area contributed by atoms with Crippen molar-refractivity contribution in [3.63, 3.8) is 0 Å². The predicted octanol–water partition coefficient (Wildman–Crippen LogP) is 1.89. The van der Waals surface area contributed by atoms with Gasteiger partial charge in [0.25, 0.3) is 0 Å². The van der Waals surface area contributed by atoms with Gasteiger partial charge in [0.2, 0.25) is 0 Å². The Kier molecular flexibility index (Phi) is 3.68. The lowest BCUT2D eigenvalue weighted by molar-refractivity contribution is 0.122. The minimum absolute atomic E-state index is 0.173. The normalized spacial score (nSPS) is 24.7. The van der Waals surface area contributed by atoms with Crippen molar-refractivity contribution in [2.24, 2.45) is 5.73 Å². The average Bonchev–Trinajstić information content (AvgIpc) is 2.87. The van der Waals surface area contributed by atoms with Gasteiger partial charge in [-0.15, -0.1) is 0 Å². The number of ether oxygens (including phenoxy) is 2. The molecule has 2 N–H and O–H groups in total. The van der Waals surface area contributed by atoms with E-state index in [4.69, 9.17) is 15.2 Å². The zero-order chi connectivity index (χ0) is 14.0. The highest BCUT2D eigenvalue weighted by Gasteiger charge is 2.39. The Labute approximate surface area is 120 Å². The highest BCUT2D eigenvalue weighted by molar-refractivity contribution is 5.62. The number of rotatable bonds is 4. The van der Waals surface area contributed by atoms with Gasteiger partial charge in [-0.25, -0.2) is 0 Å². The van der Waals surface area contributed by atoms with Crippen molar-refractivity contribution in [2.75, 3.05) is 33.3 Å². The van der Waals surface area contributed by atoms with Crippen LogP contribution in [0.5, 0.6) is 11.5 Å². The molecule has 1 fully saturated rings. The van der Waals surface area contributed by atoms with Gasteiger partial charge in [-0.3, -0.25) is 4.90 Å². The molecular formula is C16H22N2O2. The van der Waals surface area contributed by atoms with E-state index in [1.807, 2.05) is 18.2 Å². The lowest BCUT2D eigenvalue weighted by atomic mass is 9.97.